The van der Waals surface area contributed by atoms with Crippen molar-refractivity contribution >= 4 is 11.3 Å². The lowest BCUT2D eigenvalue weighted by molar-refractivity contribution is 0.220. The van der Waals surface area contributed by atoms with Gasteiger partial charge < -0.3 is 5.32 Å². The lowest BCUT2D eigenvalue weighted by Gasteiger charge is -2.29. The van der Waals surface area contributed by atoms with Crippen molar-refractivity contribution in [1.82, 2.24) is 10.2 Å². The molecule has 0 aliphatic heterocycles. The first-order chi connectivity index (χ1) is 8.29. The maximum atomic E-state index is 3.58. The number of rotatable bonds is 6. The van der Waals surface area contributed by atoms with Crippen LogP contribution in [0.5, 0.6) is 0 Å². The third-order valence-electron chi connectivity index (χ3n) is 3.20. The van der Waals surface area contributed by atoms with E-state index in [1.54, 1.807) is 0 Å². The molecular formula is C15H28N2S. The van der Waals surface area contributed by atoms with Gasteiger partial charge in [0.15, 0.2) is 0 Å². The minimum Gasteiger partial charge on any atom is -0.312 e. The Morgan fingerprint density at radius 1 is 1.33 bits per heavy atom. The Morgan fingerprint density at radius 3 is 2.50 bits per heavy atom. The highest BCUT2D eigenvalue weighted by molar-refractivity contribution is 7.10. The summed E-state index contributed by atoms with van der Waals surface area (Å²) in [6.45, 7) is 13.5. The molecule has 1 heterocycles. The first-order valence-electron chi connectivity index (χ1n) is 6.78. The van der Waals surface area contributed by atoms with Crippen LogP contribution in [0, 0.1) is 5.92 Å². The number of hydrogen-bond donors (Lipinski definition) is 1. The molecule has 2 atom stereocenters. The molecule has 18 heavy (non-hydrogen) atoms. The summed E-state index contributed by atoms with van der Waals surface area (Å²) >= 11 is 1.85. The number of hydrogen-bond acceptors (Lipinski definition) is 3. The fourth-order valence-corrected chi connectivity index (χ4v) is 2.79. The minimum atomic E-state index is 0.214. The molecule has 0 spiro atoms. The zero-order valence-electron chi connectivity index (χ0n) is 12.7. The van der Waals surface area contributed by atoms with Gasteiger partial charge in [0.1, 0.15) is 0 Å². The molecule has 0 bridgehead atoms. The third kappa shape index (κ3) is 5.51. The molecule has 1 aromatic heterocycles. The molecule has 104 valence electrons. The summed E-state index contributed by atoms with van der Waals surface area (Å²) < 4.78 is 0. The van der Waals surface area contributed by atoms with Crippen LogP contribution in [0.15, 0.2) is 17.5 Å². The zero-order valence-corrected chi connectivity index (χ0v) is 13.5. The Kier molecular flexibility index (Phi) is 5.83. The van der Waals surface area contributed by atoms with Gasteiger partial charge in [0.25, 0.3) is 0 Å². The smallest absolute Gasteiger partial charge is 0.0410 e. The molecule has 0 amide bonds. The maximum absolute atomic E-state index is 3.58. The van der Waals surface area contributed by atoms with E-state index in [9.17, 15) is 0 Å². The summed E-state index contributed by atoms with van der Waals surface area (Å²) in [5.41, 5.74) is 0.214. The Morgan fingerprint density at radius 2 is 2.00 bits per heavy atom. The molecule has 0 radical (unpaired) electrons. The predicted octanol–water partition coefficient (Wildman–Crippen LogP) is 3.77. The Bertz CT molecular complexity index is 327. The molecule has 2 nitrogen and oxygen atoms in total. The van der Waals surface area contributed by atoms with Crippen LogP contribution in [-0.4, -0.2) is 30.6 Å². The minimum absolute atomic E-state index is 0.214. The summed E-state index contributed by atoms with van der Waals surface area (Å²) in [6, 6.07) is 4.88. The quantitative estimate of drug-likeness (QED) is 0.845. The fourth-order valence-electron chi connectivity index (χ4n) is 1.94. The van der Waals surface area contributed by atoms with E-state index in [0.29, 0.717) is 12.0 Å². The Hall–Kier alpha value is -0.380. The first kappa shape index (κ1) is 15.7. The van der Waals surface area contributed by atoms with E-state index in [-0.39, 0.29) is 5.54 Å². The van der Waals surface area contributed by atoms with Crippen LogP contribution >= 0.6 is 11.3 Å². The van der Waals surface area contributed by atoms with E-state index in [4.69, 9.17) is 0 Å². The fraction of sp³-hybridized carbons (Fsp3) is 0.733. The SMILES string of the molecule is CC(CNC(C)(C)C)CN(C)C(C)c1cccs1. The van der Waals surface area contributed by atoms with Crippen LogP contribution in [0.25, 0.3) is 0 Å². The van der Waals surface area contributed by atoms with Crippen molar-refractivity contribution in [2.24, 2.45) is 5.92 Å². The summed E-state index contributed by atoms with van der Waals surface area (Å²) in [7, 11) is 2.22. The second-order valence-corrected chi connectivity index (χ2v) is 7.35. The largest absolute Gasteiger partial charge is 0.312 e. The van der Waals surface area contributed by atoms with Gasteiger partial charge >= 0.3 is 0 Å². The van der Waals surface area contributed by atoms with Crippen LogP contribution in [-0.2, 0) is 0 Å². The van der Waals surface area contributed by atoms with Gasteiger partial charge in [-0.2, -0.15) is 0 Å². The molecule has 2 unspecified atom stereocenters. The van der Waals surface area contributed by atoms with Crippen molar-refractivity contribution in [1.29, 1.82) is 0 Å². The van der Waals surface area contributed by atoms with Gasteiger partial charge in [-0.1, -0.05) is 13.0 Å². The summed E-state index contributed by atoms with van der Waals surface area (Å²) in [6.07, 6.45) is 0. The van der Waals surface area contributed by atoms with Crippen molar-refractivity contribution < 1.29 is 0 Å². The van der Waals surface area contributed by atoms with Gasteiger partial charge in [0.2, 0.25) is 0 Å². The average molecular weight is 268 g/mol. The van der Waals surface area contributed by atoms with Gasteiger partial charge in [-0.25, -0.2) is 0 Å². The maximum Gasteiger partial charge on any atom is 0.0410 e. The van der Waals surface area contributed by atoms with Crippen molar-refractivity contribution in [3.8, 4) is 0 Å². The normalized spacial score (nSPS) is 15.9. The molecule has 1 N–H and O–H groups in total. The van der Waals surface area contributed by atoms with Gasteiger partial charge in [-0.3, -0.25) is 4.90 Å². The number of nitrogens with zero attached hydrogens (tertiary/aromatic N) is 1. The van der Waals surface area contributed by atoms with Gasteiger partial charge in [0.05, 0.1) is 0 Å². The third-order valence-corrected chi connectivity index (χ3v) is 4.24. The highest BCUT2D eigenvalue weighted by Gasteiger charge is 2.16. The van der Waals surface area contributed by atoms with E-state index >= 15 is 0 Å². The van der Waals surface area contributed by atoms with Gasteiger partial charge in [0, 0.05) is 23.0 Å². The van der Waals surface area contributed by atoms with Crippen LogP contribution in [0.2, 0.25) is 0 Å². The topological polar surface area (TPSA) is 15.3 Å². The average Bonchev–Trinajstić information content (AvgIpc) is 2.77. The van der Waals surface area contributed by atoms with E-state index in [0.717, 1.165) is 13.1 Å². The van der Waals surface area contributed by atoms with Crippen LogP contribution in [0.1, 0.15) is 45.5 Å². The Labute approximate surface area is 116 Å². The molecule has 1 rings (SSSR count). The van der Waals surface area contributed by atoms with Gasteiger partial charge in [-0.15, -0.1) is 11.3 Å². The van der Waals surface area contributed by atoms with Crippen LogP contribution in [0.4, 0.5) is 0 Å². The summed E-state index contributed by atoms with van der Waals surface area (Å²) in [4.78, 5) is 3.90. The van der Waals surface area contributed by atoms with Crippen molar-refractivity contribution in [2.75, 3.05) is 20.1 Å². The summed E-state index contributed by atoms with van der Waals surface area (Å²) in [5, 5.41) is 5.73. The lowest BCUT2D eigenvalue weighted by atomic mass is 10.1. The Balaban J connectivity index is 2.37. The van der Waals surface area contributed by atoms with Crippen molar-refractivity contribution in [2.45, 2.75) is 46.2 Å². The molecule has 0 fully saturated rings. The molecule has 0 saturated carbocycles. The van der Waals surface area contributed by atoms with Crippen molar-refractivity contribution in [3.05, 3.63) is 22.4 Å². The highest BCUT2D eigenvalue weighted by atomic mass is 32.1. The van der Waals surface area contributed by atoms with E-state index in [1.807, 2.05) is 11.3 Å². The second kappa shape index (κ2) is 6.69. The predicted molar refractivity (Wildman–Crippen MR) is 82.3 cm³/mol. The number of nitrogens with one attached hydrogen (secondary N) is 1. The second-order valence-electron chi connectivity index (χ2n) is 6.37. The zero-order chi connectivity index (χ0) is 13.8. The monoisotopic (exact) mass is 268 g/mol. The van der Waals surface area contributed by atoms with E-state index in [1.165, 1.54) is 4.88 Å². The molecule has 0 aliphatic rings. The number of thiophene rings is 1. The van der Waals surface area contributed by atoms with Crippen LogP contribution < -0.4 is 5.32 Å². The molecule has 1 aromatic rings. The standard InChI is InChI=1S/C15H28N2S/c1-12(10-16-15(3,4)5)11-17(6)13(2)14-8-7-9-18-14/h7-9,12-13,16H,10-11H2,1-6H3. The highest BCUT2D eigenvalue weighted by Crippen LogP contribution is 2.23. The molecular weight excluding hydrogens is 240 g/mol. The van der Waals surface area contributed by atoms with Gasteiger partial charge in [-0.05, 0) is 58.7 Å². The van der Waals surface area contributed by atoms with Crippen molar-refractivity contribution in [3.63, 3.8) is 0 Å². The molecule has 0 aliphatic carbocycles. The molecule has 0 saturated heterocycles. The first-order valence-corrected chi connectivity index (χ1v) is 7.66. The van der Waals surface area contributed by atoms with E-state index in [2.05, 4.69) is 69.4 Å². The molecule has 3 heteroatoms. The summed E-state index contributed by atoms with van der Waals surface area (Å²) in [5.74, 6) is 0.664. The lowest BCUT2D eigenvalue weighted by Crippen LogP contribution is -2.41. The van der Waals surface area contributed by atoms with Crippen LogP contribution in [0.3, 0.4) is 0 Å². The molecule has 0 aromatic carbocycles. The van der Waals surface area contributed by atoms with E-state index < -0.39 is 0 Å².